The van der Waals surface area contributed by atoms with Gasteiger partial charge in [-0.25, -0.2) is 0 Å². The highest BCUT2D eigenvalue weighted by atomic mass is 35.5. The molecule has 4 rings (SSSR count). The van der Waals surface area contributed by atoms with Gasteiger partial charge in [0.05, 0.1) is 7.11 Å². The van der Waals surface area contributed by atoms with Crippen molar-refractivity contribution >= 4 is 17.4 Å². The van der Waals surface area contributed by atoms with E-state index in [2.05, 4.69) is 0 Å². The number of Topliss-reactive ketones (excluding diaryl/α,β-unsaturated/α-hetero) is 1. The summed E-state index contributed by atoms with van der Waals surface area (Å²) in [4.78, 5) is 12.6. The van der Waals surface area contributed by atoms with Gasteiger partial charge in [0.25, 0.3) is 0 Å². The van der Waals surface area contributed by atoms with Crippen molar-refractivity contribution in [3.63, 3.8) is 0 Å². The minimum Gasteiger partial charge on any atom is -0.497 e. The lowest BCUT2D eigenvalue weighted by Gasteiger charge is -2.33. The van der Waals surface area contributed by atoms with E-state index in [9.17, 15) is 4.79 Å². The zero-order chi connectivity index (χ0) is 16.7. The fourth-order valence-corrected chi connectivity index (χ4v) is 3.71. The fourth-order valence-electron chi connectivity index (χ4n) is 3.53. The Morgan fingerprint density at radius 2 is 1.92 bits per heavy atom. The molecule has 1 heterocycles. The molecule has 1 atom stereocenters. The first kappa shape index (κ1) is 15.3. The van der Waals surface area contributed by atoms with Crippen LogP contribution >= 0.6 is 11.6 Å². The SMILES string of the molecule is COc1ccc([C@H]2C3=C(CCCC3=O)Oc3ccc(Cl)cc32)cc1. The van der Waals surface area contributed by atoms with Crippen LogP contribution in [-0.4, -0.2) is 12.9 Å². The third-order valence-electron chi connectivity index (χ3n) is 4.66. The maximum Gasteiger partial charge on any atom is 0.163 e. The summed E-state index contributed by atoms with van der Waals surface area (Å²) in [5, 5.41) is 0.642. The Hall–Kier alpha value is -2.26. The molecule has 1 aliphatic heterocycles. The van der Waals surface area contributed by atoms with E-state index in [0.717, 1.165) is 46.8 Å². The van der Waals surface area contributed by atoms with Crippen LogP contribution in [0.15, 0.2) is 53.8 Å². The van der Waals surface area contributed by atoms with E-state index < -0.39 is 0 Å². The third kappa shape index (κ3) is 2.49. The van der Waals surface area contributed by atoms with Crippen LogP contribution in [0, 0.1) is 0 Å². The Morgan fingerprint density at radius 1 is 1.12 bits per heavy atom. The number of methoxy groups -OCH3 is 1. The van der Waals surface area contributed by atoms with Crippen LogP contribution in [-0.2, 0) is 4.79 Å². The van der Waals surface area contributed by atoms with Crippen molar-refractivity contribution in [2.75, 3.05) is 7.11 Å². The molecule has 0 fully saturated rings. The molecule has 0 spiro atoms. The zero-order valence-electron chi connectivity index (χ0n) is 13.3. The van der Waals surface area contributed by atoms with Gasteiger partial charge in [-0.15, -0.1) is 0 Å². The summed E-state index contributed by atoms with van der Waals surface area (Å²) >= 11 is 6.21. The first-order valence-corrected chi connectivity index (χ1v) is 8.42. The molecule has 2 aliphatic rings. The lowest BCUT2D eigenvalue weighted by molar-refractivity contribution is -0.116. The maximum atomic E-state index is 12.6. The molecule has 3 nitrogen and oxygen atoms in total. The average Bonchev–Trinajstić information content (AvgIpc) is 2.60. The normalized spacial score (nSPS) is 19.4. The molecule has 24 heavy (non-hydrogen) atoms. The Balaban J connectivity index is 1.90. The highest BCUT2D eigenvalue weighted by molar-refractivity contribution is 6.30. The first-order chi connectivity index (χ1) is 11.7. The van der Waals surface area contributed by atoms with Gasteiger partial charge >= 0.3 is 0 Å². The van der Waals surface area contributed by atoms with Gasteiger partial charge in [0.15, 0.2) is 5.78 Å². The fraction of sp³-hybridized carbons (Fsp3) is 0.250. The third-order valence-corrected chi connectivity index (χ3v) is 4.90. The largest absolute Gasteiger partial charge is 0.497 e. The molecule has 0 amide bonds. The summed E-state index contributed by atoms with van der Waals surface area (Å²) in [6.45, 7) is 0. The molecular weight excluding hydrogens is 324 g/mol. The monoisotopic (exact) mass is 340 g/mol. The van der Waals surface area contributed by atoms with Gasteiger partial charge in [0, 0.05) is 34.9 Å². The van der Waals surface area contributed by atoms with Crippen LogP contribution in [0.1, 0.15) is 36.3 Å². The Labute approximate surface area is 145 Å². The lowest BCUT2D eigenvalue weighted by atomic mass is 9.77. The number of allylic oxidation sites excluding steroid dienone is 2. The molecule has 2 aromatic carbocycles. The number of ether oxygens (including phenoxy) is 2. The van der Waals surface area contributed by atoms with Crippen molar-refractivity contribution in [3.05, 3.63) is 69.9 Å². The first-order valence-electron chi connectivity index (χ1n) is 8.05. The lowest BCUT2D eigenvalue weighted by Crippen LogP contribution is -2.25. The van der Waals surface area contributed by atoms with Gasteiger partial charge in [-0.05, 0) is 42.3 Å². The number of carbonyl (C=O) groups excluding carboxylic acids is 1. The molecule has 2 aromatic rings. The summed E-state index contributed by atoms with van der Waals surface area (Å²) in [5.41, 5.74) is 2.77. The number of hydrogen-bond acceptors (Lipinski definition) is 3. The topological polar surface area (TPSA) is 35.5 Å². The minimum absolute atomic E-state index is 0.138. The van der Waals surface area contributed by atoms with Crippen LogP contribution in [0.3, 0.4) is 0 Å². The molecule has 1 aliphatic carbocycles. The van der Waals surface area contributed by atoms with E-state index in [0.29, 0.717) is 11.4 Å². The van der Waals surface area contributed by atoms with Crippen LogP contribution in [0.5, 0.6) is 11.5 Å². The molecule has 0 bridgehead atoms. The average molecular weight is 341 g/mol. The molecule has 0 unspecified atom stereocenters. The van der Waals surface area contributed by atoms with Crippen molar-refractivity contribution in [2.24, 2.45) is 0 Å². The van der Waals surface area contributed by atoms with Gasteiger partial charge in [-0.2, -0.15) is 0 Å². The van der Waals surface area contributed by atoms with Crippen LogP contribution in [0.25, 0.3) is 0 Å². The van der Waals surface area contributed by atoms with Crippen molar-refractivity contribution in [2.45, 2.75) is 25.2 Å². The summed E-state index contributed by atoms with van der Waals surface area (Å²) in [6.07, 6.45) is 2.22. The number of ketones is 1. The number of fused-ring (bicyclic) bond motifs is 1. The predicted molar refractivity (Wildman–Crippen MR) is 92.8 cm³/mol. The molecule has 4 heteroatoms. The number of carbonyl (C=O) groups is 1. The Morgan fingerprint density at radius 3 is 2.67 bits per heavy atom. The van der Waals surface area contributed by atoms with Crippen molar-refractivity contribution in [3.8, 4) is 11.5 Å². The predicted octanol–water partition coefficient (Wildman–Crippen LogP) is 4.88. The van der Waals surface area contributed by atoms with Crippen molar-refractivity contribution in [1.29, 1.82) is 0 Å². The van der Waals surface area contributed by atoms with E-state index >= 15 is 0 Å². The summed E-state index contributed by atoms with van der Waals surface area (Å²) in [7, 11) is 1.64. The van der Waals surface area contributed by atoms with Crippen LogP contribution in [0.2, 0.25) is 5.02 Å². The highest BCUT2D eigenvalue weighted by Crippen LogP contribution is 2.47. The van der Waals surface area contributed by atoms with Gasteiger partial charge < -0.3 is 9.47 Å². The number of benzene rings is 2. The molecule has 0 radical (unpaired) electrons. The number of hydrogen-bond donors (Lipinski definition) is 0. The smallest absolute Gasteiger partial charge is 0.163 e. The van der Waals surface area contributed by atoms with Gasteiger partial charge in [-0.3, -0.25) is 4.79 Å². The minimum atomic E-state index is -0.138. The van der Waals surface area contributed by atoms with Crippen molar-refractivity contribution < 1.29 is 14.3 Å². The zero-order valence-corrected chi connectivity index (χ0v) is 14.1. The second-order valence-corrected chi connectivity index (χ2v) is 6.54. The summed E-state index contributed by atoms with van der Waals surface area (Å²) < 4.78 is 11.3. The molecule has 0 saturated carbocycles. The second kappa shape index (κ2) is 5.99. The van der Waals surface area contributed by atoms with Gasteiger partial charge in [-0.1, -0.05) is 23.7 Å². The highest BCUT2D eigenvalue weighted by Gasteiger charge is 2.36. The molecule has 0 N–H and O–H groups in total. The Kier molecular flexibility index (Phi) is 3.81. The standard InChI is InChI=1S/C20H17ClO3/c1-23-14-8-5-12(6-9-14)19-15-11-13(21)7-10-17(15)24-18-4-2-3-16(22)20(18)19/h5-11,19H,2-4H2,1H3/t19-/m1/s1. The number of halogens is 1. The summed E-state index contributed by atoms with van der Waals surface area (Å²) in [6, 6.07) is 13.5. The van der Waals surface area contributed by atoms with E-state index in [-0.39, 0.29) is 11.7 Å². The number of rotatable bonds is 2. The molecule has 122 valence electrons. The Bertz CT molecular complexity index is 836. The quantitative estimate of drug-likeness (QED) is 0.781. The van der Waals surface area contributed by atoms with E-state index in [4.69, 9.17) is 21.1 Å². The summed E-state index contributed by atoms with van der Waals surface area (Å²) in [5.74, 6) is 2.42. The molecule has 0 aromatic heterocycles. The van der Waals surface area contributed by atoms with E-state index in [1.165, 1.54) is 0 Å². The van der Waals surface area contributed by atoms with Crippen molar-refractivity contribution in [1.82, 2.24) is 0 Å². The van der Waals surface area contributed by atoms with Gasteiger partial charge in [0.2, 0.25) is 0 Å². The maximum absolute atomic E-state index is 12.6. The van der Waals surface area contributed by atoms with E-state index in [1.54, 1.807) is 7.11 Å². The van der Waals surface area contributed by atoms with Crippen LogP contribution in [0.4, 0.5) is 0 Å². The molecular formula is C20H17ClO3. The van der Waals surface area contributed by atoms with Gasteiger partial charge in [0.1, 0.15) is 17.3 Å². The molecule has 0 saturated heterocycles. The van der Waals surface area contributed by atoms with E-state index in [1.807, 2.05) is 42.5 Å². The van der Waals surface area contributed by atoms with Crippen LogP contribution < -0.4 is 9.47 Å². The second-order valence-electron chi connectivity index (χ2n) is 6.10.